The minimum Gasteiger partial charge on any atom is -0.388 e. The number of aromatic nitrogens is 2. The third kappa shape index (κ3) is 4.18. The molecule has 0 spiro atoms. The first kappa shape index (κ1) is 20.4. The van der Waals surface area contributed by atoms with Crippen LogP contribution >= 0.6 is 22.9 Å². The van der Waals surface area contributed by atoms with Gasteiger partial charge in [0.05, 0.1) is 27.0 Å². The number of hydrogen-bond donors (Lipinski definition) is 2. The van der Waals surface area contributed by atoms with Gasteiger partial charge in [0.2, 0.25) is 0 Å². The van der Waals surface area contributed by atoms with Gasteiger partial charge in [-0.05, 0) is 36.8 Å². The molecule has 0 aliphatic heterocycles. The predicted octanol–water partition coefficient (Wildman–Crippen LogP) is 5.85. The molecule has 2 aromatic carbocycles. The number of anilines is 1. The maximum Gasteiger partial charge on any atom is 0.257 e. The number of carbonyl (C=O) groups excluding carboxylic acids is 1. The number of thiazole rings is 1. The molecule has 4 rings (SSSR count). The minimum absolute atomic E-state index is 0.318. The Hall–Kier alpha value is -2.87. The molecule has 0 bridgehead atoms. The monoisotopic (exact) mass is 441 g/mol. The summed E-state index contributed by atoms with van der Waals surface area (Å²) in [6.07, 6.45) is 1.57. The van der Waals surface area contributed by atoms with Gasteiger partial charge in [0.25, 0.3) is 5.91 Å². The molecule has 2 N–H and O–H groups in total. The Balaban J connectivity index is 1.52. The van der Waals surface area contributed by atoms with E-state index >= 15 is 0 Å². The molecule has 1 unspecified atom stereocenters. The molecule has 0 fully saturated rings. The summed E-state index contributed by atoms with van der Waals surface area (Å²) in [7, 11) is 0. The summed E-state index contributed by atoms with van der Waals surface area (Å²) in [4.78, 5) is 21.1. The Bertz CT molecular complexity index is 1230. The molecule has 0 aliphatic rings. The molecular formula is C22H17ClFN3O2S. The van der Waals surface area contributed by atoms with Crippen molar-refractivity contribution in [3.8, 4) is 11.3 Å². The Kier molecular flexibility index (Phi) is 5.76. The Labute approximate surface area is 181 Å². The smallest absolute Gasteiger partial charge is 0.257 e. The Morgan fingerprint density at radius 1 is 1.23 bits per heavy atom. The van der Waals surface area contributed by atoms with Gasteiger partial charge in [0.15, 0.2) is 5.13 Å². The number of halogens is 2. The van der Waals surface area contributed by atoms with E-state index in [-0.39, 0.29) is 11.7 Å². The maximum atomic E-state index is 13.3. The molecule has 1 amide bonds. The second kappa shape index (κ2) is 8.47. The van der Waals surface area contributed by atoms with Crippen LogP contribution in [0.4, 0.5) is 9.52 Å². The van der Waals surface area contributed by atoms with E-state index in [1.165, 1.54) is 23.5 Å². The van der Waals surface area contributed by atoms with Gasteiger partial charge >= 0.3 is 0 Å². The number of nitrogens with zero attached hydrogens (tertiary/aromatic N) is 2. The van der Waals surface area contributed by atoms with Crippen molar-refractivity contribution >= 4 is 44.2 Å². The fourth-order valence-electron chi connectivity index (χ4n) is 2.99. The van der Waals surface area contributed by atoms with Crippen LogP contribution in [0.5, 0.6) is 0 Å². The topological polar surface area (TPSA) is 75.1 Å². The van der Waals surface area contributed by atoms with Crippen LogP contribution in [0.3, 0.4) is 0 Å². The van der Waals surface area contributed by atoms with Crippen molar-refractivity contribution in [3.63, 3.8) is 0 Å². The number of fused-ring (bicyclic) bond motifs is 1. The van der Waals surface area contributed by atoms with Gasteiger partial charge < -0.3 is 5.11 Å². The quantitative estimate of drug-likeness (QED) is 0.407. The highest BCUT2D eigenvalue weighted by Gasteiger charge is 2.13. The van der Waals surface area contributed by atoms with Crippen molar-refractivity contribution < 1.29 is 14.3 Å². The molecule has 1 atom stereocenters. The van der Waals surface area contributed by atoms with E-state index in [4.69, 9.17) is 11.6 Å². The predicted molar refractivity (Wildman–Crippen MR) is 117 cm³/mol. The molecule has 0 aliphatic carbocycles. The first-order chi connectivity index (χ1) is 14.4. The SMILES string of the molecule is CCC(O)c1cnc(-c2ccc(C(=O)Nc3nc4cc(F)ccc4s3)cc2)c(Cl)c1. The van der Waals surface area contributed by atoms with Gasteiger partial charge in [-0.25, -0.2) is 9.37 Å². The number of benzene rings is 2. The third-order valence-corrected chi connectivity index (χ3v) is 5.86. The van der Waals surface area contributed by atoms with Crippen LogP contribution < -0.4 is 5.32 Å². The number of pyridine rings is 1. The van der Waals surface area contributed by atoms with Crippen LogP contribution in [0.15, 0.2) is 54.7 Å². The van der Waals surface area contributed by atoms with Gasteiger partial charge in [-0.1, -0.05) is 42.0 Å². The number of aliphatic hydroxyl groups is 1. The molecule has 152 valence electrons. The van der Waals surface area contributed by atoms with Crippen molar-refractivity contribution in [1.29, 1.82) is 0 Å². The average Bonchev–Trinajstić information content (AvgIpc) is 3.14. The first-order valence-corrected chi connectivity index (χ1v) is 10.5. The summed E-state index contributed by atoms with van der Waals surface area (Å²) in [5, 5.41) is 13.5. The van der Waals surface area contributed by atoms with Crippen LogP contribution in [-0.2, 0) is 0 Å². The Morgan fingerprint density at radius 3 is 2.70 bits per heavy atom. The highest BCUT2D eigenvalue weighted by atomic mass is 35.5. The molecule has 0 saturated carbocycles. The van der Waals surface area contributed by atoms with Crippen LogP contribution in [0.25, 0.3) is 21.5 Å². The van der Waals surface area contributed by atoms with Crippen LogP contribution in [0.1, 0.15) is 35.4 Å². The van der Waals surface area contributed by atoms with E-state index in [1.54, 1.807) is 42.6 Å². The van der Waals surface area contributed by atoms with Gasteiger partial charge in [0, 0.05) is 29.0 Å². The number of carbonyl (C=O) groups is 1. The van der Waals surface area contributed by atoms with Gasteiger partial charge in [0.1, 0.15) is 5.82 Å². The zero-order chi connectivity index (χ0) is 21.3. The largest absolute Gasteiger partial charge is 0.388 e. The molecule has 8 heteroatoms. The summed E-state index contributed by atoms with van der Waals surface area (Å²) in [5.41, 5.74) is 2.94. The Morgan fingerprint density at radius 2 is 2.00 bits per heavy atom. The molecule has 4 aromatic rings. The molecular weight excluding hydrogens is 425 g/mol. The molecule has 30 heavy (non-hydrogen) atoms. The second-order valence-electron chi connectivity index (χ2n) is 6.69. The lowest BCUT2D eigenvalue weighted by Gasteiger charge is -2.10. The summed E-state index contributed by atoms with van der Waals surface area (Å²) in [6.45, 7) is 1.88. The number of rotatable bonds is 5. The van der Waals surface area contributed by atoms with Crippen molar-refractivity contribution in [2.45, 2.75) is 19.4 Å². The minimum atomic E-state index is -0.603. The van der Waals surface area contributed by atoms with E-state index in [1.807, 2.05) is 6.92 Å². The standard InChI is InChI=1S/C22H17ClFN3O2S/c1-2-18(28)14-9-16(23)20(25-11-14)12-3-5-13(6-4-12)21(29)27-22-26-17-10-15(24)7-8-19(17)30-22/h3-11,18,28H,2H2,1H3,(H,26,27,29). The fraction of sp³-hybridized carbons (Fsp3) is 0.136. The molecule has 2 aromatic heterocycles. The van der Waals surface area contributed by atoms with Gasteiger partial charge in [-0.15, -0.1) is 0 Å². The molecule has 0 saturated heterocycles. The fourth-order valence-corrected chi connectivity index (χ4v) is 4.11. The summed E-state index contributed by atoms with van der Waals surface area (Å²) in [5.74, 6) is -0.688. The lowest BCUT2D eigenvalue weighted by atomic mass is 10.1. The number of amides is 1. The summed E-state index contributed by atoms with van der Waals surface area (Å²) >= 11 is 7.62. The average molecular weight is 442 g/mol. The molecule has 0 radical (unpaired) electrons. The highest BCUT2D eigenvalue weighted by Crippen LogP contribution is 2.30. The van der Waals surface area contributed by atoms with E-state index in [0.29, 0.717) is 38.9 Å². The van der Waals surface area contributed by atoms with Gasteiger partial charge in [-0.3, -0.25) is 15.1 Å². The number of hydrogen-bond acceptors (Lipinski definition) is 5. The summed E-state index contributed by atoms with van der Waals surface area (Å²) < 4.78 is 14.1. The first-order valence-electron chi connectivity index (χ1n) is 9.26. The maximum absolute atomic E-state index is 13.3. The lowest BCUT2D eigenvalue weighted by Crippen LogP contribution is -2.11. The lowest BCUT2D eigenvalue weighted by molar-refractivity contribution is 0.102. The summed E-state index contributed by atoms with van der Waals surface area (Å²) in [6, 6.07) is 12.9. The zero-order valence-corrected chi connectivity index (χ0v) is 17.5. The van der Waals surface area contributed by atoms with E-state index in [0.717, 1.165) is 10.3 Å². The third-order valence-electron chi connectivity index (χ3n) is 4.62. The van der Waals surface area contributed by atoms with Crippen molar-refractivity contribution in [2.24, 2.45) is 0 Å². The van der Waals surface area contributed by atoms with Crippen molar-refractivity contribution in [1.82, 2.24) is 9.97 Å². The molecule has 5 nitrogen and oxygen atoms in total. The number of aliphatic hydroxyl groups excluding tert-OH is 1. The highest BCUT2D eigenvalue weighted by molar-refractivity contribution is 7.22. The van der Waals surface area contributed by atoms with Crippen molar-refractivity contribution in [3.05, 3.63) is 76.7 Å². The molecule has 2 heterocycles. The second-order valence-corrected chi connectivity index (χ2v) is 8.12. The van der Waals surface area contributed by atoms with E-state index in [9.17, 15) is 14.3 Å². The van der Waals surface area contributed by atoms with Crippen LogP contribution in [0, 0.1) is 5.82 Å². The van der Waals surface area contributed by atoms with Crippen molar-refractivity contribution in [2.75, 3.05) is 5.32 Å². The van der Waals surface area contributed by atoms with E-state index < -0.39 is 6.10 Å². The van der Waals surface area contributed by atoms with Crippen LogP contribution in [0.2, 0.25) is 5.02 Å². The van der Waals surface area contributed by atoms with Gasteiger partial charge in [-0.2, -0.15) is 0 Å². The zero-order valence-electron chi connectivity index (χ0n) is 15.9. The van der Waals surface area contributed by atoms with E-state index in [2.05, 4.69) is 15.3 Å². The number of nitrogens with one attached hydrogen (secondary N) is 1. The van der Waals surface area contributed by atoms with Crippen LogP contribution in [-0.4, -0.2) is 21.0 Å². The normalized spacial score (nSPS) is 12.1.